The molecule has 1 aromatic carbocycles. The number of nitrogens with one attached hydrogen (secondary N) is 1. The highest BCUT2D eigenvalue weighted by atomic mass is 35.5. The number of aromatic nitrogens is 4. The molecule has 27 heavy (non-hydrogen) atoms. The summed E-state index contributed by atoms with van der Waals surface area (Å²) < 4.78 is 6.76. The van der Waals surface area contributed by atoms with Crippen LogP contribution in [0.2, 0.25) is 10.0 Å². The van der Waals surface area contributed by atoms with Crippen LogP contribution in [0.4, 0.5) is 0 Å². The largest absolute Gasteiger partial charge is 0.355 e. The summed E-state index contributed by atoms with van der Waals surface area (Å²) in [5, 5.41) is 12.2. The summed E-state index contributed by atoms with van der Waals surface area (Å²) in [6, 6.07) is 5.23. The van der Waals surface area contributed by atoms with Crippen molar-refractivity contribution in [3.05, 3.63) is 56.9 Å². The van der Waals surface area contributed by atoms with Crippen LogP contribution in [0.1, 0.15) is 28.7 Å². The SMILES string of the molecule is Cc1noc(CCNC(=O)Cc2c(C)nn(-c3ccc(Cl)cc3Cl)c2C)n1. The molecule has 9 heteroatoms. The normalized spacial score (nSPS) is 11.0. The van der Waals surface area contributed by atoms with Gasteiger partial charge >= 0.3 is 0 Å². The number of carbonyl (C=O) groups excluding carboxylic acids is 1. The van der Waals surface area contributed by atoms with E-state index in [2.05, 4.69) is 20.6 Å². The maximum absolute atomic E-state index is 12.3. The van der Waals surface area contributed by atoms with E-state index in [-0.39, 0.29) is 12.3 Å². The Kier molecular flexibility index (Phi) is 5.82. The summed E-state index contributed by atoms with van der Waals surface area (Å²) in [5.74, 6) is 0.986. The zero-order valence-electron chi connectivity index (χ0n) is 15.2. The first kappa shape index (κ1) is 19.4. The Morgan fingerprint density at radius 2 is 2.04 bits per heavy atom. The Morgan fingerprint density at radius 3 is 2.70 bits per heavy atom. The second-order valence-electron chi connectivity index (χ2n) is 6.17. The lowest BCUT2D eigenvalue weighted by molar-refractivity contribution is -0.120. The standard InChI is InChI=1S/C18H19Cl2N5O2/c1-10-14(9-17(26)21-7-6-18-22-12(3)24-27-18)11(2)25(23-10)16-5-4-13(19)8-15(16)20/h4-5,8H,6-7,9H2,1-3H3,(H,21,26). The van der Waals surface area contributed by atoms with Gasteiger partial charge in [-0.2, -0.15) is 10.1 Å². The second-order valence-corrected chi connectivity index (χ2v) is 7.01. The zero-order valence-corrected chi connectivity index (χ0v) is 16.7. The highest BCUT2D eigenvalue weighted by molar-refractivity contribution is 6.35. The summed E-state index contributed by atoms with van der Waals surface area (Å²) >= 11 is 12.2. The Balaban J connectivity index is 1.68. The van der Waals surface area contributed by atoms with Crippen molar-refractivity contribution < 1.29 is 9.32 Å². The summed E-state index contributed by atoms with van der Waals surface area (Å²) in [5.41, 5.74) is 3.23. The number of halogens is 2. The number of hydrogen-bond donors (Lipinski definition) is 1. The number of amides is 1. The van der Waals surface area contributed by atoms with Crippen molar-refractivity contribution in [3.63, 3.8) is 0 Å². The van der Waals surface area contributed by atoms with Crippen LogP contribution >= 0.6 is 23.2 Å². The van der Waals surface area contributed by atoms with Gasteiger partial charge in [-0.05, 0) is 39.0 Å². The van der Waals surface area contributed by atoms with Crippen molar-refractivity contribution in [2.75, 3.05) is 6.54 Å². The quantitative estimate of drug-likeness (QED) is 0.676. The van der Waals surface area contributed by atoms with Gasteiger partial charge in [-0.3, -0.25) is 4.79 Å². The van der Waals surface area contributed by atoms with Gasteiger partial charge in [0.15, 0.2) is 5.82 Å². The molecule has 0 atom stereocenters. The van der Waals surface area contributed by atoms with E-state index in [9.17, 15) is 4.79 Å². The fraction of sp³-hybridized carbons (Fsp3) is 0.333. The van der Waals surface area contributed by atoms with Crippen LogP contribution in [-0.4, -0.2) is 32.4 Å². The molecular formula is C18H19Cl2N5O2. The average molecular weight is 408 g/mol. The van der Waals surface area contributed by atoms with Crippen molar-refractivity contribution in [2.45, 2.75) is 33.6 Å². The molecule has 1 amide bonds. The van der Waals surface area contributed by atoms with Gasteiger partial charge in [0.05, 0.1) is 22.8 Å². The van der Waals surface area contributed by atoms with Crippen molar-refractivity contribution >= 4 is 29.1 Å². The molecule has 0 radical (unpaired) electrons. The van der Waals surface area contributed by atoms with Gasteiger partial charge in [0, 0.05) is 29.2 Å². The Labute approximate surface area is 166 Å². The summed E-state index contributed by atoms with van der Waals surface area (Å²) in [4.78, 5) is 16.4. The maximum Gasteiger partial charge on any atom is 0.228 e. The molecule has 0 saturated carbocycles. The monoisotopic (exact) mass is 407 g/mol. The number of hydrogen-bond acceptors (Lipinski definition) is 5. The molecule has 2 heterocycles. The van der Waals surface area contributed by atoms with Gasteiger partial charge in [0.1, 0.15) is 0 Å². The van der Waals surface area contributed by atoms with Crippen molar-refractivity contribution in [2.24, 2.45) is 0 Å². The van der Waals surface area contributed by atoms with E-state index in [4.69, 9.17) is 27.7 Å². The van der Waals surface area contributed by atoms with E-state index in [1.165, 1.54) is 0 Å². The minimum Gasteiger partial charge on any atom is -0.355 e. The zero-order chi connectivity index (χ0) is 19.6. The molecule has 0 saturated heterocycles. The lowest BCUT2D eigenvalue weighted by Crippen LogP contribution is -2.27. The lowest BCUT2D eigenvalue weighted by Gasteiger charge is -2.08. The van der Waals surface area contributed by atoms with Gasteiger partial charge in [0.25, 0.3) is 0 Å². The third-order valence-corrected chi connectivity index (χ3v) is 4.68. The first-order chi connectivity index (χ1) is 12.8. The third-order valence-electron chi connectivity index (χ3n) is 4.15. The summed E-state index contributed by atoms with van der Waals surface area (Å²) in [6.07, 6.45) is 0.718. The summed E-state index contributed by atoms with van der Waals surface area (Å²) in [6.45, 7) is 5.96. The number of aryl methyl sites for hydroxylation is 2. The van der Waals surface area contributed by atoms with Crippen LogP contribution in [0, 0.1) is 20.8 Å². The average Bonchev–Trinajstić information content (AvgIpc) is 3.13. The van der Waals surface area contributed by atoms with E-state index in [1.807, 2.05) is 13.8 Å². The number of carbonyl (C=O) groups is 1. The molecular weight excluding hydrogens is 389 g/mol. The smallest absolute Gasteiger partial charge is 0.228 e. The first-order valence-corrected chi connectivity index (χ1v) is 9.17. The maximum atomic E-state index is 12.3. The highest BCUT2D eigenvalue weighted by Gasteiger charge is 2.17. The first-order valence-electron chi connectivity index (χ1n) is 8.41. The van der Waals surface area contributed by atoms with Crippen LogP contribution in [-0.2, 0) is 17.6 Å². The van der Waals surface area contributed by atoms with Crippen LogP contribution in [0.15, 0.2) is 22.7 Å². The van der Waals surface area contributed by atoms with Crippen molar-refractivity contribution in [3.8, 4) is 5.69 Å². The minimum absolute atomic E-state index is 0.0980. The highest BCUT2D eigenvalue weighted by Crippen LogP contribution is 2.27. The van der Waals surface area contributed by atoms with Crippen LogP contribution < -0.4 is 5.32 Å². The molecule has 0 bridgehead atoms. The lowest BCUT2D eigenvalue weighted by atomic mass is 10.1. The van der Waals surface area contributed by atoms with Gasteiger partial charge in [-0.15, -0.1) is 0 Å². The van der Waals surface area contributed by atoms with E-state index in [0.717, 1.165) is 22.6 Å². The molecule has 0 unspecified atom stereocenters. The van der Waals surface area contributed by atoms with Gasteiger partial charge in [-0.25, -0.2) is 4.68 Å². The molecule has 0 aliphatic heterocycles. The van der Waals surface area contributed by atoms with E-state index in [0.29, 0.717) is 34.7 Å². The van der Waals surface area contributed by atoms with Crippen LogP contribution in [0.5, 0.6) is 0 Å². The van der Waals surface area contributed by atoms with E-state index >= 15 is 0 Å². The Morgan fingerprint density at radius 1 is 1.26 bits per heavy atom. The molecule has 7 nitrogen and oxygen atoms in total. The fourth-order valence-corrected chi connectivity index (χ4v) is 3.28. The molecule has 0 spiro atoms. The molecule has 3 rings (SSSR count). The number of rotatable bonds is 6. The minimum atomic E-state index is -0.0980. The molecule has 2 aromatic heterocycles. The molecule has 0 aliphatic rings. The fourth-order valence-electron chi connectivity index (χ4n) is 2.79. The topological polar surface area (TPSA) is 85.8 Å². The van der Waals surface area contributed by atoms with Gasteiger partial charge in [0.2, 0.25) is 11.8 Å². The molecule has 3 aromatic rings. The molecule has 1 N–H and O–H groups in total. The summed E-state index contributed by atoms with van der Waals surface area (Å²) in [7, 11) is 0. The molecule has 0 aliphatic carbocycles. The molecule has 142 valence electrons. The van der Waals surface area contributed by atoms with E-state index < -0.39 is 0 Å². The Hall–Kier alpha value is -2.38. The Bertz CT molecular complexity index is 980. The van der Waals surface area contributed by atoms with Gasteiger partial charge < -0.3 is 9.84 Å². The molecule has 0 fully saturated rings. The number of nitrogens with zero attached hydrogens (tertiary/aromatic N) is 4. The predicted molar refractivity (Wildman–Crippen MR) is 103 cm³/mol. The number of benzene rings is 1. The second kappa shape index (κ2) is 8.10. The third kappa shape index (κ3) is 4.48. The van der Waals surface area contributed by atoms with Crippen molar-refractivity contribution in [1.29, 1.82) is 0 Å². The van der Waals surface area contributed by atoms with Crippen LogP contribution in [0.25, 0.3) is 5.69 Å². The van der Waals surface area contributed by atoms with Crippen LogP contribution in [0.3, 0.4) is 0 Å². The van der Waals surface area contributed by atoms with E-state index in [1.54, 1.807) is 29.8 Å². The predicted octanol–water partition coefficient (Wildman–Crippen LogP) is 3.39. The van der Waals surface area contributed by atoms with Crippen molar-refractivity contribution in [1.82, 2.24) is 25.2 Å². The van der Waals surface area contributed by atoms with Gasteiger partial charge in [-0.1, -0.05) is 28.4 Å².